The zero-order valence-electron chi connectivity index (χ0n) is 23.0. The van der Waals surface area contributed by atoms with Gasteiger partial charge in [-0.2, -0.15) is 0 Å². The van der Waals surface area contributed by atoms with Crippen LogP contribution < -0.4 is 5.32 Å². The van der Waals surface area contributed by atoms with Gasteiger partial charge in [0.05, 0.1) is 15.8 Å². The van der Waals surface area contributed by atoms with Crippen molar-refractivity contribution in [3.05, 3.63) is 67.8 Å². The van der Waals surface area contributed by atoms with E-state index in [2.05, 4.69) is 88.3 Å². The van der Waals surface area contributed by atoms with Crippen molar-refractivity contribution < 1.29 is 19.4 Å². The van der Waals surface area contributed by atoms with Crippen LogP contribution in [0.2, 0.25) is 0 Å². The molecule has 0 radical (unpaired) electrons. The molecule has 0 aliphatic carbocycles. The second-order valence-electron chi connectivity index (χ2n) is 10.7. The quantitative estimate of drug-likeness (QED) is 0.158. The molecule has 1 amide bonds. The number of nitrogens with zero attached hydrogens (tertiary/aromatic N) is 1. The predicted octanol–water partition coefficient (Wildman–Crippen LogP) is 8.82. The van der Waals surface area contributed by atoms with Crippen molar-refractivity contribution in [1.29, 1.82) is 0 Å². The predicted molar refractivity (Wildman–Crippen MR) is 172 cm³/mol. The first-order chi connectivity index (χ1) is 18.2. The van der Waals surface area contributed by atoms with E-state index in [-0.39, 0.29) is 5.65 Å². The summed E-state index contributed by atoms with van der Waals surface area (Å²) >= 11 is 3.59. The molecule has 1 heterocycles. The van der Waals surface area contributed by atoms with Crippen molar-refractivity contribution in [2.75, 3.05) is 5.32 Å². The number of fused-ring (bicyclic) bond motifs is 1. The number of rotatable bonds is 6. The van der Waals surface area contributed by atoms with Gasteiger partial charge in [-0.15, -0.1) is 0 Å². The number of halogens is 1. The van der Waals surface area contributed by atoms with Gasteiger partial charge in [0, 0.05) is 14.7 Å². The number of nitrogens with one attached hydrogen (secondary N) is 1. The Balaban J connectivity index is 2.23. The molecule has 0 spiro atoms. The summed E-state index contributed by atoms with van der Waals surface area (Å²) in [6.45, 7) is 13.7. The highest BCUT2D eigenvalue weighted by molar-refractivity contribution is 14.1. The smallest absolute Gasteiger partial charge is 0.337 e. The Hall–Kier alpha value is -2.39. The number of benzene rings is 3. The van der Waals surface area contributed by atoms with Gasteiger partial charge in [-0.05, 0) is 125 Å². The highest BCUT2D eigenvalue weighted by Gasteiger charge is 2.34. The second-order valence-corrected chi connectivity index (χ2v) is 13.4. The van der Waals surface area contributed by atoms with Crippen LogP contribution in [0.25, 0.3) is 32.5 Å². The molecule has 0 aliphatic rings. The SMILES string of the molecule is Cc1ccc(-c2c(C)c(-c3ccc(C)c(I)c3)c3nc(NC(=O)P)sc3c2C(OC(C)(C)C)C(=O)O)cc1C. The number of aromatic nitrogens is 1. The van der Waals surface area contributed by atoms with Gasteiger partial charge in [0.15, 0.2) is 11.2 Å². The first-order valence-corrected chi connectivity index (χ1v) is 14.9. The number of carboxylic acid groups (broad SMARTS) is 1. The summed E-state index contributed by atoms with van der Waals surface area (Å²) in [5.41, 5.74) is 8.04. The van der Waals surface area contributed by atoms with Crippen LogP contribution in [-0.4, -0.2) is 27.3 Å². The zero-order chi connectivity index (χ0) is 28.8. The fourth-order valence-electron chi connectivity index (χ4n) is 4.66. The average molecular weight is 675 g/mol. The number of aliphatic carboxylic acids is 1. The molecule has 2 N–H and O–H groups in total. The highest BCUT2D eigenvalue weighted by atomic mass is 127. The van der Waals surface area contributed by atoms with Crippen molar-refractivity contribution in [3.63, 3.8) is 0 Å². The summed E-state index contributed by atoms with van der Waals surface area (Å²) < 4.78 is 8.01. The minimum absolute atomic E-state index is 0.325. The van der Waals surface area contributed by atoms with E-state index < -0.39 is 17.7 Å². The summed E-state index contributed by atoms with van der Waals surface area (Å²) in [5, 5.41) is 13.7. The number of aryl methyl sites for hydroxylation is 3. The van der Waals surface area contributed by atoms with Crippen LogP contribution in [0.1, 0.15) is 54.7 Å². The number of ether oxygens (including phenoxy) is 1. The Morgan fingerprint density at radius 3 is 2.15 bits per heavy atom. The number of hydrogen-bond acceptors (Lipinski definition) is 5. The van der Waals surface area contributed by atoms with Crippen LogP contribution >= 0.6 is 43.2 Å². The Bertz CT molecular complexity index is 1620. The van der Waals surface area contributed by atoms with Gasteiger partial charge in [0.25, 0.3) is 0 Å². The van der Waals surface area contributed by atoms with Gasteiger partial charge in [-0.3, -0.25) is 10.1 Å². The molecule has 6 nitrogen and oxygen atoms in total. The lowest BCUT2D eigenvalue weighted by Crippen LogP contribution is -2.28. The monoisotopic (exact) mass is 674 g/mol. The number of carboxylic acids is 1. The summed E-state index contributed by atoms with van der Waals surface area (Å²) in [5.74, 6) is -1.08. The first-order valence-electron chi connectivity index (χ1n) is 12.5. The Morgan fingerprint density at radius 1 is 1.00 bits per heavy atom. The summed E-state index contributed by atoms with van der Waals surface area (Å²) in [7, 11) is 2.10. The number of carbonyl (C=O) groups excluding carboxylic acids is 1. The summed E-state index contributed by atoms with van der Waals surface area (Å²) in [6.07, 6.45) is -1.25. The van der Waals surface area contributed by atoms with E-state index in [1.807, 2.05) is 33.8 Å². The maximum atomic E-state index is 12.8. The Kier molecular flexibility index (Phi) is 8.53. The van der Waals surface area contributed by atoms with E-state index in [1.54, 1.807) is 0 Å². The molecule has 0 fully saturated rings. The van der Waals surface area contributed by atoms with Crippen LogP contribution in [0.5, 0.6) is 0 Å². The van der Waals surface area contributed by atoms with Crippen molar-refractivity contribution in [2.45, 2.75) is 60.2 Å². The molecular formula is C30H32IN2O4PS. The fraction of sp³-hybridized carbons (Fsp3) is 0.300. The van der Waals surface area contributed by atoms with Crippen LogP contribution in [0.3, 0.4) is 0 Å². The topological polar surface area (TPSA) is 88.5 Å². The highest BCUT2D eigenvalue weighted by Crippen LogP contribution is 2.48. The molecule has 4 aromatic rings. The van der Waals surface area contributed by atoms with Crippen molar-refractivity contribution in [2.24, 2.45) is 0 Å². The third-order valence-electron chi connectivity index (χ3n) is 6.57. The van der Waals surface area contributed by atoms with Gasteiger partial charge < -0.3 is 9.84 Å². The van der Waals surface area contributed by atoms with E-state index in [9.17, 15) is 14.7 Å². The molecule has 2 atom stereocenters. The van der Waals surface area contributed by atoms with Crippen molar-refractivity contribution in [1.82, 2.24) is 4.98 Å². The van der Waals surface area contributed by atoms with Gasteiger partial charge in [-0.1, -0.05) is 41.7 Å². The minimum atomic E-state index is -1.25. The minimum Gasteiger partial charge on any atom is -0.479 e. The molecule has 39 heavy (non-hydrogen) atoms. The largest absolute Gasteiger partial charge is 0.479 e. The fourth-order valence-corrected chi connectivity index (χ4v) is 6.46. The number of hydrogen-bond donors (Lipinski definition) is 2. The molecular weight excluding hydrogens is 642 g/mol. The maximum absolute atomic E-state index is 12.8. The third-order valence-corrected chi connectivity index (χ3v) is 8.88. The van der Waals surface area contributed by atoms with Crippen LogP contribution in [0, 0.1) is 31.3 Å². The van der Waals surface area contributed by atoms with Gasteiger partial charge in [0.1, 0.15) is 0 Å². The van der Waals surface area contributed by atoms with E-state index in [4.69, 9.17) is 9.72 Å². The standard InChI is InChI=1S/C30H32IN2O4PS/c1-14-8-10-18(12-16(14)3)21-17(4)22(19-11-9-15(2)20(31)13-19)24-26(39-28(32-24)33-29(36)38)23(21)25(27(34)35)37-30(5,6)7/h8-13,25H,38H2,1-7H3,(H,34,35)(H,32,33,36). The summed E-state index contributed by atoms with van der Waals surface area (Å²) in [4.78, 5) is 29.6. The van der Waals surface area contributed by atoms with Crippen LogP contribution in [0.4, 0.5) is 9.93 Å². The Labute approximate surface area is 248 Å². The van der Waals surface area contributed by atoms with E-state index in [0.717, 1.165) is 48.1 Å². The normalized spacial score (nSPS) is 12.5. The number of anilines is 1. The number of amides is 1. The molecule has 204 valence electrons. The average Bonchev–Trinajstić information content (AvgIpc) is 3.22. The summed E-state index contributed by atoms with van der Waals surface area (Å²) in [6, 6.07) is 12.4. The van der Waals surface area contributed by atoms with Crippen LogP contribution in [0.15, 0.2) is 36.4 Å². The molecule has 9 heteroatoms. The number of thiazole rings is 1. The maximum Gasteiger partial charge on any atom is 0.337 e. The van der Waals surface area contributed by atoms with Crippen molar-refractivity contribution >= 4 is 70.1 Å². The molecule has 1 aromatic heterocycles. The lowest BCUT2D eigenvalue weighted by molar-refractivity contribution is -0.160. The molecule has 4 rings (SSSR count). The molecule has 0 saturated heterocycles. The Morgan fingerprint density at radius 2 is 1.62 bits per heavy atom. The lowest BCUT2D eigenvalue weighted by Gasteiger charge is -2.28. The van der Waals surface area contributed by atoms with E-state index in [0.29, 0.717) is 20.9 Å². The van der Waals surface area contributed by atoms with E-state index in [1.165, 1.54) is 11.3 Å². The molecule has 0 aliphatic heterocycles. The van der Waals surface area contributed by atoms with Gasteiger partial charge in [-0.25, -0.2) is 9.78 Å². The van der Waals surface area contributed by atoms with E-state index >= 15 is 0 Å². The third kappa shape index (κ3) is 6.19. The lowest BCUT2D eigenvalue weighted by atomic mass is 9.85. The molecule has 2 unspecified atom stereocenters. The second kappa shape index (κ2) is 11.2. The van der Waals surface area contributed by atoms with Gasteiger partial charge >= 0.3 is 5.97 Å². The van der Waals surface area contributed by atoms with Gasteiger partial charge in [0.2, 0.25) is 5.65 Å². The van der Waals surface area contributed by atoms with Crippen molar-refractivity contribution in [3.8, 4) is 22.3 Å². The molecule has 3 aromatic carbocycles. The van der Waals surface area contributed by atoms with Crippen LogP contribution in [-0.2, 0) is 9.53 Å². The zero-order valence-corrected chi connectivity index (χ0v) is 27.2. The first kappa shape index (κ1) is 29.6. The molecule has 0 saturated carbocycles. The molecule has 0 bridgehead atoms. The number of carbonyl (C=O) groups is 2.